The summed E-state index contributed by atoms with van der Waals surface area (Å²) in [7, 11) is 0. The molecule has 1 N–H and O–H groups in total. The van der Waals surface area contributed by atoms with Crippen LogP contribution < -0.4 is 4.74 Å². The Bertz CT molecular complexity index is 1750. The molecule has 0 unspecified atom stereocenters. The van der Waals surface area contributed by atoms with E-state index in [9.17, 15) is 27.9 Å². The number of aromatic carboxylic acids is 1. The Labute approximate surface area is 274 Å². The maximum Gasteiger partial charge on any atom is 0.434 e. The van der Waals surface area contributed by atoms with Crippen LogP contribution in [-0.4, -0.2) is 54.7 Å². The normalized spacial score (nSPS) is 16.3. The van der Waals surface area contributed by atoms with Crippen molar-refractivity contribution in [2.24, 2.45) is 5.92 Å². The van der Waals surface area contributed by atoms with Crippen LogP contribution in [0.1, 0.15) is 78.0 Å². The Morgan fingerprint density at radius 3 is 2.38 bits per heavy atom. The number of amides is 1. The quantitative estimate of drug-likeness (QED) is 0.206. The molecule has 47 heavy (non-hydrogen) atoms. The van der Waals surface area contributed by atoms with Crippen molar-refractivity contribution in [1.82, 2.24) is 24.6 Å². The van der Waals surface area contributed by atoms with Gasteiger partial charge in [0.15, 0.2) is 5.69 Å². The number of carboxylic acids is 1. The highest BCUT2D eigenvalue weighted by atomic mass is 35.5. The summed E-state index contributed by atoms with van der Waals surface area (Å²) in [5.74, 6) is -1.06. The van der Waals surface area contributed by atoms with E-state index in [2.05, 4.69) is 27.2 Å². The van der Waals surface area contributed by atoms with Gasteiger partial charge in [0.05, 0.1) is 16.9 Å². The fourth-order valence-electron chi connectivity index (χ4n) is 6.47. The first-order valence-electron chi connectivity index (χ1n) is 15.6. The molecule has 2 fully saturated rings. The first-order valence-corrected chi connectivity index (χ1v) is 16.0. The average molecular weight is 668 g/mol. The van der Waals surface area contributed by atoms with Gasteiger partial charge in [-0.05, 0) is 60.9 Å². The number of halogens is 4. The third-order valence-corrected chi connectivity index (χ3v) is 9.24. The number of ether oxygens (including phenoxy) is 1. The van der Waals surface area contributed by atoms with Crippen molar-refractivity contribution >= 4 is 23.5 Å². The van der Waals surface area contributed by atoms with Gasteiger partial charge in [-0.25, -0.2) is 14.8 Å². The molecule has 0 atom stereocenters. The summed E-state index contributed by atoms with van der Waals surface area (Å²) in [5.41, 5.74) is 0.211. The summed E-state index contributed by atoms with van der Waals surface area (Å²) in [6, 6.07) is 14.6. The zero-order chi connectivity index (χ0) is 33.1. The van der Waals surface area contributed by atoms with E-state index in [1.54, 1.807) is 18.2 Å². The number of carbonyl (C=O) groups excluding carboxylic acids is 1. The SMILES string of the molecule is O=C(O)c1cnn(-c2nccc(-c3cccc(Cl)c3OCc3ccc(C4CCN(C(=O)C5CCCCC5)CC4)cc3)n2)c1C(F)(F)F. The lowest BCUT2D eigenvalue weighted by Gasteiger charge is -2.35. The number of nitrogens with zero attached hydrogens (tertiary/aromatic N) is 5. The third-order valence-electron chi connectivity index (χ3n) is 8.94. The number of alkyl halides is 3. The molecule has 0 spiro atoms. The molecular weight excluding hydrogens is 635 g/mol. The zero-order valence-corrected chi connectivity index (χ0v) is 26.2. The van der Waals surface area contributed by atoms with E-state index in [0.717, 1.165) is 57.2 Å². The van der Waals surface area contributed by atoms with E-state index in [1.807, 2.05) is 17.0 Å². The fourth-order valence-corrected chi connectivity index (χ4v) is 6.70. The van der Waals surface area contributed by atoms with Gasteiger partial charge < -0.3 is 14.7 Å². The second-order valence-electron chi connectivity index (χ2n) is 11.9. The van der Waals surface area contributed by atoms with Crippen LogP contribution in [0.5, 0.6) is 5.75 Å². The standard InChI is InChI=1S/C34H33ClF3N5O4/c35-27-8-4-7-25(28-13-16-39-33(41-28)43-30(34(36,37)38)26(19-40-43)32(45)46)29(27)47-20-21-9-11-22(12-10-21)23-14-17-42(18-15-23)31(44)24-5-2-1-3-6-24/h4,7-13,16,19,23-24H,1-3,5-6,14-15,17-18,20H2,(H,45,46). The number of likely N-dealkylation sites (tertiary alicyclic amines) is 1. The van der Waals surface area contributed by atoms with Crippen molar-refractivity contribution in [2.45, 2.75) is 63.6 Å². The summed E-state index contributed by atoms with van der Waals surface area (Å²) < 4.78 is 47.9. The molecule has 0 bridgehead atoms. The molecule has 1 aliphatic heterocycles. The average Bonchev–Trinajstić information content (AvgIpc) is 3.55. The summed E-state index contributed by atoms with van der Waals surface area (Å²) in [4.78, 5) is 34.6. The highest BCUT2D eigenvalue weighted by molar-refractivity contribution is 6.32. The van der Waals surface area contributed by atoms with Crippen molar-refractivity contribution in [3.05, 3.63) is 88.3 Å². The largest absolute Gasteiger partial charge is 0.487 e. The maximum atomic E-state index is 13.8. The van der Waals surface area contributed by atoms with Gasteiger partial charge in [-0.15, -0.1) is 0 Å². The lowest BCUT2D eigenvalue weighted by atomic mass is 9.86. The third kappa shape index (κ3) is 7.12. The topological polar surface area (TPSA) is 110 Å². The molecule has 246 valence electrons. The number of hydrogen-bond donors (Lipinski definition) is 1. The molecule has 6 rings (SSSR count). The number of benzene rings is 2. The van der Waals surface area contributed by atoms with Crippen molar-refractivity contribution in [3.8, 4) is 23.0 Å². The van der Waals surface area contributed by atoms with E-state index in [4.69, 9.17) is 16.3 Å². The lowest BCUT2D eigenvalue weighted by Crippen LogP contribution is -2.41. The second-order valence-corrected chi connectivity index (χ2v) is 12.4. The molecule has 4 aromatic rings. The molecule has 1 amide bonds. The number of aromatic nitrogens is 4. The number of piperidine rings is 1. The molecular formula is C34H33ClF3N5O4. The van der Waals surface area contributed by atoms with E-state index in [-0.39, 0.29) is 29.0 Å². The molecule has 9 nitrogen and oxygen atoms in total. The molecule has 1 saturated heterocycles. The van der Waals surface area contributed by atoms with Crippen molar-refractivity contribution < 1.29 is 32.6 Å². The predicted octanol–water partition coefficient (Wildman–Crippen LogP) is 7.57. The van der Waals surface area contributed by atoms with Gasteiger partial charge >= 0.3 is 12.1 Å². The smallest absolute Gasteiger partial charge is 0.434 e. The van der Waals surface area contributed by atoms with Crippen LogP contribution in [0, 0.1) is 5.92 Å². The number of rotatable bonds is 8. The molecule has 13 heteroatoms. The van der Waals surface area contributed by atoms with Crippen LogP contribution in [0.15, 0.2) is 60.9 Å². The Balaban J connectivity index is 1.14. The van der Waals surface area contributed by atoms with Gasteiger partial charge in [-0.3, -0.25) is 4.79 Å². The van der Waals surface area contributed by atoms with Crippen LogP contribution in [-0.2, 0) is 17.6 Å². The van der Waals surface area contributed by atoms with Gasteiger partial charge in [0, 0.05) is 30.8 Å². The van der Waals surface area contributed by atoms with Gasteiger partial charge in [0.25, 0.3) is 5.95 Å². The molecule has 0 radical (unpaired) electrons. The first kappa shape index (κ1) is 32.5. The minimum atomic E-state index is -5.02. The van der Waals surface area contributed by atoms with Crippen LogP contribution in [0.4, 0.5) is 13.2 Å². The van der Waals surface area contributed by atoms with Gasteiger partial charge in [-0.2, -0.15) is 23.0 Å². The van der Waals surface area contributed by atoms with E-state index < -0.39 is 29.4 Å². The summed E-state index contributed by atoms with van der Waals surface area (Å²) in [6.07, 6.45) is 4.27. The number of hydrogen-bond acceptors (Lipinski definition) is 6. The molecule has 3 heterocycles. The molecule has 1 aliphatic carbocycles. The van der Waals surface area contributed by atoms with Crippen molar-refractivity contribution in [1.29, 1.82) is 0 Å². The highest BCUT2D eigenvalue weighted by Gasteiger charge is 2.41. The lowest BCUT2D eigenvalue weighted by molar-refractivity contribution is -0.143. The Kier molecular flexibility index (Phi) is 9.49. The van der Waals surface area contributed by atoms with Crippen LogP contribution in [0.25, 0.3) is 17.2 Å². The second kappa shape index (κ2) is 13.7. The van der Waals surface area contributed by atoms with Crippen molar-refractivity contribution in [3.63, 3.8) is 0 Å². The zero-order valence-electron chi connectivity index (χ0n) is 25.4. The molecule has 2 aliphatic rings. The van der Waals surface area contributed by atoms with E-state index in [1.165, 1.54) is 24.2 Å². The summed E-state index contributed by atoms with van der Waals surface area (Å²) in [5, 5.41) is 13.1. The van der Waals surface area contributed by atoms with Crippen molar-refractivity contribution in [2.75, 3.05) is 13.1 Å². The van der Waals surface area contributed by atoms with Gasteiger partial charge in [0.2, 0.25) is 5.91 Å². The molecule has 1 saturated carbocycles. The predicted molar refractivity (Wildman–Crippen MR) is 167 cm³/mol. The van der Waals surface area contributed by atoms with Gasteiger partial charge in [-0.1, -0.05) is 61.2 Å². The number of para-hydroxylation sites is 1. The van der Waals surface area contributed by atoms with E-state index in [0.29, 0.717) is 28.3 Å². The summed E-state index contributed by atoms with van der Waals surface area (Å²) >= 11 is 6.51. The van der Waals surface area contributed by atoms with Crippen LogP contribution in [0.2, 0.25) is 5.02 Å². The van der Waals surface area contributed by atoms with E-state index >= 15 is 0 Å². The van der Waals surface area contributed by atoms with Gasteiger partial charge in [0.1, 0.15) is 17.9 Å². The maximum absolute atomic E-state index is 13.8. The molecule has 2 aromatic carbocycles. The minimum absolute atomic E-state index is 0.169. The fraction of sp³-hybridized carbons (Fsp3) is 0.382. The van der Waals surface area contributed by atoms with Crippen LogP contribution in [0.3, 0.4) is 0 Å². The Morgan fingerprint density at radius 1 is 0.979 bits per heavy atom. The monoisotopic (exact) mass is 667 g/mol. The number of carbonyl (C=O) groups is 2. The highest BCUT2D eigenvalue weighted by Crippen LogP contribution is 2.38. The Morgan fingerprint density at radius 2 is 1.70 bits per heavy atom. The minimum Gasteiger partial charge on any atom is -0.487 e. The number of carboxylic acid groups (broad SMARTS) is 1. The summed E-state index contributed by atoms with van der Waals surface area (Å²) in [6.45, 7) is 1.73. The first-order chi connectivity index (χ1) is 22.6. The Hall–Kier alpha value is -4.45. The molecule has 2 aromatic heterocycles. The van der Waals surface area contributed by atoms with Crippen LogP contribution >= 0.6 is 11.6 Å².